The molecule has 0 saturated carbocycles. The molecule has 4 nitrogen and oxygen atoms in total. The lowest BCUT2D eigenvalue weighted by molar-refractivity contribution is 0.577. The van der Waals surface area contributed by atoms with Gasteiger partial charge in [-0.25, -0.2) is 13.1 Å². The minimum absolute atomic E-state index is 0.0456. The normalized spacial score (nSPS) is 15.3. The molecule has 25 heavy (non-hydrogen) atoms. The molecule has 1 N–H and O–H groups in total. The van der Waals surface area contributed by atoms with E-state index in [1.165, 1.54) is 24.9 Å². The van der Waals surface area contributed by atoms with Crippen molar-refractivity contribution in [3.05, 3.63) is 64.7 Å². The summed E-state index contributed by atoms with van der Waals surface area (Å²) in [4.78, 5) is 2.39. The molecule has 0 aromatic heterocycles. The molecule has 0 spiro atoms. The highest BCUT2D eigenvalue weighted by molar-refractivity contribution is 7.88. The molecule has 0 atom stereocenters. The lowest BCUT2D eigenvalue weighted by Gasteiger charge is -2.28. The molecule has 0 bridgehead atoms. The number of hydrogen-bond acceptors (Lipinski definition) is 3. The first-order valence-corrected chi connectivity index (χ1v) is 10.6. The van der Waals surface area contributed by atoms with Gasteiger partial charge in [-0.1, -0.05) is 35.9 Å². The smallest absolute Gasteiger partial charge is 0.216 e. The molecule has 0 amide bonds. The van der Waals surface area contributed by atoms with Crippen LogP contribution in [0.1, 0.15) is 30.4 Å². The first-order chi connectivity index (χ1) is 12.0. The molecule has 0 unspecified atom stereocenters. The Labute approximate surface area is 154 Å². The number of halogens is 1. The summed E-state index contributed by atoms with van der Waals surface area (Å²) >= 11 is 5.82. The predicted octanol–water partition coefficient (Wildman–Crippen LogP) is 3.95. The molecule has 1 saturated heterocycles. The summed E-state index contributed by atoms with van der Waals surface area (Å²) in [6.07, 6.45) is 3.79. The average Bonchev–Trinajstić information content (AvgIpc) is 2.63. The van der Waals surface area contributed by atoms with E-state index in [4.69, 9.17) is 11.6 Å². The third-order valence-corrected chi connectivity index (χ3v) is 5.97. The van der Waals surface area contributed by atoms with Crippen LogP contribution >= 0.6 is 11.6 Å². The summed E-state index contributed by atoms with van der Waals surface area (Å²) in [5.74, 6) is -0.0456. The molecule has 3 rings (SSSR count). The quantitative estimate of drug-likeness (QED) is 0.827. The molecule has 0 radical (unpaired) electrons. The van der Waals surface area contributed by atoms with Crippen LogP contribution in [0.5, 0.6) is 0 Å². The summed E-state index contributed by atoms with van der Waals surface area (Å²) < 4.78 is 27.1. The van der Waals surface area contributed by atoms with Crippen LogP contribution in [0, 0.1) is 0 Å². The number of anilines is 1. The van der Waals surface area contributed by atoms with Gasteiger partial charge in [0, 0.05) is 30.3 Å². The van der Waals surface area contributed by atoms with Crippen LogP contribution in [0.25, 0.3) is 0 Å². The second-order valence-electron chi connectivity index (χ2n) is 6.42. The van der Waals surface area contributed by atoms with E-state index < -0.39 is 10.0 Å². The van der Waals surface area contributed by atoms with Gasteiger partial charge >= 0.3 is 0 Å². The Morgan fingerprint density at radius 2 is 1.48 bits per heavy atom. The summed E-state index contributed by atoms with van der Waals surface area (Å²) in [6.45, 7) is 2.51. The molecule has 134 valence electrons. The minimum Gasteiger partial charge on any atom is -0.372 e. The van der Waals surface area contributed by atoms with Crippen molar-refractivity contribution in [2.45, 2.75) is 31.6 Å². The van der Waals surface area contributed by atoms with Crippen LogP contribution in [0.3, 0.4) is 0 Å². The first kappa shape index (κ1) is 18.2. The lowest BCUT2D eigenvalue weighted by atomic mass is 10.1. The second-order valence-corrected chi connectivity index (χ2v) is 8.66. The number of hydrogen-bond donors (Lipinski definition) is 1. The van der Waals surface area contributed by atoms with E-state index in [9.17, 15) is 8.42 Å². The number of piperidine rings is 1. The molecule has 2 aromatic rings. The largest absolute Gasteiger partial charge is 0.372 e. The van der Waals surface area contributed by atoms with E-state index in [0.29, 0.717) is 11.6 Å². The number of benzene rings is 2. The van der Waals surface area contributed by atoms with Gasteiger partial charge in [0.05, 0.1) is 5.75 Å². The fourth-order valence-corrected chi connectivity index (χ4v) is 4.27. The van der Waals surface area contributed by atoms with E-state index in [-0.39, 0.29) is 5.75 Å². The Morgan fingerprint density at radius 3 is 2.12 bits per heavy atom. The van der Waals surface area contributed by atoms with Crippen LogP contribution in [-0.2, 0) is 22.3 Å². The predicted molar refractivity (Wildman–Crippen MR) is 103 cm³/mol. The van der Waals surface area contributed by atoms with Gasteiger partial charge in [0.25, 0.3) is 0 Å². The maximum Gasteiger partial charge on any atom is 0.216 e. The summed E-state index contributed by atoms with van der Waals surface area (Å²) in [6, 6.07) is 15.0. The van der Waals surface area contributed by atoms with Crippen molar-refractivity contribution in [3.63, 3.8) is 0 Å². The highest BCUT2D eigenvalue weighted by Crippen LogP contribution is 2.20. The van der Waals surface area contributed by atoms with Gasteiger partial charge in [-0.15, -0.1) is 0 Å². The standard InChI is InChI=1S/C19H23ClN2O2S/c20-18-8-4-17(5-9-18)15-25(23,24)21-14-16-6-10-19(11-7-16)22-12-2-1-3-13-22/h4-11,21H,1-3,12-15H2. The molecule has 6 heteroatoms. The van der Waals surface area contributed by atoms with Gasteiger partial charge in [-0.05, 0) is 54.7 Å². The van der Waals surface area contributed by atoms with Gasteiger partial charge in [0.15, 0.2) is 0 Å². The van der Waals surface area contributed by atoms with Gasteiger partial charge in [-0.3, -0.25) is 0 Å². The van der Waals surface area contributed by atoms with E-state index in [2.05, 4.69) is 21.8 Å². The Hall–Kier alpha value is -1.56. The fraction of sp³-hybridized carbons (Fsp3) is 0.368. The zero-order valence-corrected chi connectivity index (χ0v) is 15.7. The molecule has 1 aliphatic heterocycles. The molecule has 2 aromatic carbocycles. The maximum absolute atomic E-state index is 12.2. The molecule has 1 fully saturated rings. The van der Waals surface area contributed by atoms with E-state index in [1.54, 1.807) is 24.3 Å². The average molecular weight is 379 g/mol. The fourth-order valence-electron chi connectivity index (χ4n) is 3.02. The van der Waals surface area contributed by atoms with Gasteiger partial charge in [0.2, 0.25) is 10.0 Å². The Morgan fingerprint density at radius 1 is 0.880 bits per heavy atom. The number of rotatable bonds is 6. The van der Waals surface area contributed by atoms with Crippen molar-refractivity contribution in [2.75, 3.05) is 18.0 Å². The van der Waals surface area contributed by atoms with Crippen LogP contribution in [0.2, 0.25) is 5.02 Å². The van der Waals surface area contributed by atoms with Crippen LogP contribution in [0.4, 0.5) is 5.69 Å². The lowest BCUT2D eigenvalue weighted by Crippen LogP contribution is -2.29. The van der Waals surface area contributed by atoms with E-state index in [1.807, 2.05) is 12.1 Å². The molecule has 1 heterocycles. The molecular weight excluding hydrogens is 356 g/mol. The van der Waals surface area contributed by atoms with Crippen molar-refractivity contribution < 1.29 is 8.42 Å². The van der Waals surface area contributed by atoms with E-state index >= 15 is 0 Å². The van der Waals surface area contributed by atoms with Crippen molar-refractivity contribution in [2.24, 2.45) is 0 Å². The Bertz CT molecular complexity index is 783. The highest BCUT2D eigenvalue weighted by Gasteiger charge is 2.13. The maximum atomic E-state index is 12.2. The Balaban J connectivity index is 1.55. The van der Waals surface area contributed by atoms with Crippen LogP contribution in [-0.4, -0.2) is 21.5 Å². The summed E-state index contributed by atoms with van der Waals surface area (Å²) in [7, 11) is -3.38. The second kappa shape index (κ2) is 8.21. The third-order valence-electron chi connectivity index (χ3n) is 4.42. The number of nitrogens with one attached hydrogen (secondary N) is 1. The van der Waals surface area contributed by atoms with Gasteiger partial charge < -0.3 is 4.90 Å². The first-order valence-electron chi connectivity index (χ1n) is 8.57. The van der Waals surface area contributed by atoms with Gasteiger partial charge in [0.1, 0.15) is 0 Å². The molecular formula is C19H23ClN2O2S. The van der Waals surface area contributed by atoms with Gasteiger partial charge in [-0.2, -0.15) is 0 Å². The van der Waals surface area contributed by atoms with Crippen molar-refractivity contribution >= 4 is 27.3 Å². The minimum atomic E-state index is -3.38. The number of nitrogens with zero attached hydrogens (tertiary/aromatic N) is 1. The SMILES string of the molecule is O=S(=O)(Cc1ccc(Cl)cc1)NCc1ccc(N2CCCCC2)cc1. The highest BCUT2D eigenvalue weighted by atomic mass is 35.5. The monoisotopic (exact) mass is 378 g/mol. The summed E-state index contributed by atoms with van der Waals surface area (Å²) in [5, 5.41) is 0.600. The number of sulfonamides is 1. The van der Waals surface area contributed by atoms with Crippen molar-refractivity contribution in [3.8, 4) is 0 Å². The zero-order valence-electron chi connectivity index (χ0n) is 14.1. The van der Waals surface area contributed by atoms with Crippen LogP contribution < -0.4 is 9.62 Å². The zero-order chi connectivity index (χ0) is 17.7. The van der Waals surface area contributed by atoms with Crippen molar-refractivity contribution in [1.29, 1.82) is 0 Å². The Kier molecular flexibility index (Phi) is 5.99. The van der Waals surface area contributed by atoms with E-state index in [0.717, 1.165) is 24.2 Å². The molecule has 0 aliphatic carbocycles. The van der Waals surface area contributed by atoms with Crippen LogP contribution in [0.15, 0.2) is 48.5 Å². The van der Waals surface area contributed by atoms with Crippen molar-refractivity contribution in [1.82, 2.24) is 4.72 Å². The third kappa shape index (κ3) is 5.46. The summed E-state index contributed by atoms with van der Waals surface area (Å²) in [5.41, 5.74) is 2.89. The molecule has 1 aliphatic rings. The topological polar surface area (TPSA) is 49.4 Å².